The Hall–Kier alpha value is -1.96. The SMILES string of the molecule is Fc1c(F)c(F)c(OC(C(C(F)(F)F)C(F)(F)F)C(F)(F)F)c(F)c1F. The van der Waals surface area contributed by atoms with Gasteiger partial charge >= 0.3 is 18.5 Å². The predicted octanol–water partition coefficient (Wildman–Crippen LogP) is 5.43. The molecule has 0 amide bonds. The Kier molecular flexibility index (Phi) is 5.64. The van der Waals surface area contributed by atoms with Crippen LogP contribution in [0.3, 0.4) is 0 Å². The van der Waals surface area contributed by atoms with Gasteiger partial charge in [0.25, 0.3) is 0 Å². The monoisotopic (exact) mass is 416 g/mol. The smallest absolute Gasteiger partial charge is 0.426 e. The lowest BCUT2D eigenvalue weighted by Gasteiger charge is -2.32. The van der Waals surface area contributed by atoms with E-state index in [1.54, 1.807) is 0 Å². The van der Waals surface area contributed by atoms with Gasteiger partial charge in [-0.05, 0) is 0 Å². The third-order valence-electron chi connectivity index (χ3n) is 2.74. The van der Waals surface area contributed by atoms with Crippen molar-refractivity contribution >= 4 is 0 Å². The summed E-state index contributed by atoms with van der Waals surface area (Å²) in [5.41, 5.74) is 0. The Morgan fingerprint density at radius 1 is 0.500 bits per heavy atom. The molecule has 1 aromatic rings. The summed E-state index contributed by atoms with van der Waals surface area (Å²) >= 11 is 0. The van der Waals surface area contributed by atoms with Gasteiger partial charge in [0, 0.05) is 0 Å². The molecule has 1 unspecified atom stereocenters. The highest BCUT2D eigenvalue weighted by Crippen LogP contribution is 2.47. The second kappa shape index (κ2) is 6.64. The standard InChI is InChI=1S/C11H2F14O/c12-1-2(13)4(15)6(5(16)3(1)14)26-8(11(23,24)25)7(9(17,18)19)10(20,21)22/h7-8H. The minimum atomic E-state index is -6.69. The van der Waals surface area contributed by atoms with Crippen molar-refractivity contribution in [3.8, 4) is 5.75 Å². The van der Waals surface area contributed by atoms with Gasteiger partial charge in [-0.3, -0.25) is 0 Å². The molecule has 0 spiro atoms. The Labute approximate surface area is 133 Å². The Bertz CT molecular complexity index is 626. The van der Waals surface area contributed by atoms with Gasteiger partial charge < -0.3 is 4.74 Å². The molecule has 0 aromatic heterocycles. The molecule has 1 atom stereocenters. The molecule has 0 heterocycles. The molecule has 0 aliphatic heterocycles. The molecular formula is C11H2F14O. The first-order chi connectivity index (χ1) is 11.4. The number of hydrogen-bond donors (Lipinski definition) is 0. The van der Waals surface area contributed by atoms with E-state index in [2.05, 4.69) is 4.74 Å². The van der Waals surface area contributed by atoms with Gasteiger partial charge in [0.2, 0.25) is 35.2 Å². The average molecular weight is 416 g/mol. The van der Waals surface area contributed by atoms with Crippen molar-refractivity contribution in [3.63, 3.8) is 0 Å². The third kappa shape index (κ3) is 4.23. The van der Waals surface area contributed by atoms with Crippen molar-refractivity contribution in [2.75, 3.05) is 0 Å². The first-order valence-corrected chi connectivity index (χ1v) is 5.78. The zero-order valence-electron chi connectivity index (χ0n) is 11.4. The van der Waals surface area contributed by atoms with Gasteiger partial charge in [0.1, 0.15) is 0 Å². The molecule has 0 saturated carbocycles. The largest absolute Gasteiger partial charge is 0.474 e. The summed E-state index contributed by atoms with van der Waals surface area (Å²) in [4.78, 5) is 0. The highest BCUT2D eigenvalue weighted by atomic mass is 19.4. The van der Waals surface area contributed by atoms with Crippen LogP contribution in [0.25, 0.3) is 0 Å². The Morgan fingerprint density at radius 2 is 0.808 bits per heavy atom. The molecular weight excluding hydrogens is 414 g/mol. The van der Waals surface area contributed by atoms with Crippen LogP contribution in [0, 0.1) is 35.0 Å². The van der Waals surface area contributed by atoms with E-state index in [1.165, 1.54) is 0 Å². The van der Waals surface area contributed by atoms with Gasteiger partial charge in [0.15, 0.2) is 11.7 Å². The van der Waals surface area contributed by atoms with E-state index < -0.39 is 65.4 Å². The summed E-state index contributed by atoms with van der Waals surface area (Å²) in [6, 6.07) is 0. The fourth-order valence-corrected chi connectivity index (χ4v) is 1.67. The average Bonchev–Trinajstić information content (AvgIpc) is 2.42. The molecule has 0 saturated heterocycles. The van der Waals surface area contributed by atoms with Gasteiger partial charge in [-0.1, -0.05) is 0 Å². The van der Waals surface area contributed by atoms with E-state index in [0.717, 1.165) is 0 Å². The molecule has 1 aromatic carbocycles. The zero-order valence-corrected chi connectivity index (χ0v) is 11.4. The quantitative estimate of drug-likeness (QED) is 0.363. The van der Waals surface area contributed by atoms with E-state index in [0.29, 0.717) is 0 Å². The van der Waals surface area contributed by atoms with Gasteiger partial charge in [0.05, 0.1) is 0 Å². The normalized spacial score (nSPS) is 14.7. The lowest BCUT2D eigenvalue weighted by atomic mass is 10.00. The van der Waals surface area contributed by atoms with Crippen LogP contribution < -0.4 is 4.74 Å². The van der Waals surface area contributed by atoms with E-state index in [-0.39, 0.29) is 0 Å². The maximum atomic E-state index is 13.2. The summed E-state index contributed by atoms with van der Waals surface area (Å²) in [6.45, 7) is 0. The number of rotatable bonds is 3. The fraction of sp³-hybridized carbons (Fsp3) is 0.455. The van der Waals surface area contributed by atoms with E-state index in [1.807, 2.05) is 0 Å². The number of benzene rings is 1. The fourth-order valence-electron chi connectivity index (χ4n) is 1.67. The lowest BCUT2D eigenvalue weighted by Crippen LogP contribution is -2.54. The van der Waals surface area contributed by atoms with E-state index in [9.17, 15) is 61.5 Å². The van der Waals surface area contributed by atoms with Crippen LogP contribution in [0.4, 0.5) is 61.5 Å². The number of hydrogen-bond acceptors (Lipinski definition) is 1. The number of ether oxygens (including phenoxy) is 1. The molecule has 0 fully saturated rings. The van der Waals surface area contributed by atoms with Crippen LogP contribution in [0.1, 0.15) is 0 Å². The summed E-state index contributed by atoms with van der Waals surface area (Å²) in [7, 11) is 0. The first-order valence-electron chi connectivity index (χ1n) is 5.78. The highest BCUT2D eigenvalue weighted by Gasteiger charge is 2.68. The molecule has 26 heavy (non-hydrogen) atoms. The van der Waals surface area contributed by atoms with Crippen LogP contribution in [-0.2, 0) is 0 Å². The van der Waals surface area contributed by atoms with Gasteiger partial charge in [-0.25, -0.2) is 13.2 Å². The maximum absolute atomic E-state index is 13.2. The molecule has 0 N–H and O–H groups in total. The first kappa shape index (κ1) is 22.1. The molecule has 0 aliphatic rings. The molecule has 1 nitrogen and oxygen atoms in total. The second-order valence-corrected chi connectivity index (χ2v) is 4.54. The lowest BCUT2D eigenvalue weighted by molar-refractivity contribution is -0.340. The van der Waals surface area contributed by atoms with Crippen molar-refractivity contribution < 1.29 is 66.2 Å². The topological polar surface area (TPSA) is 9.23 Å². The molecule has 0 bridgehead atoms. The van der Waals surface area contributed by atoms with Crippen molar-refractivity contribution in [3.05, 3.63) is 29.1 Å². The third-order valence-corrected chi connectivity index (χ3v) is 2.74. The Morgan fingerprint density at radius 3 is 1.08 bits per heavy atom. The van der Waals surface area contributed by atoms with E-state index in [4.69, 9.17) is 0 Å². The van der Waals surface area contributed by atoms with Gasteiger partial charge in [-0.2, -0.15) is 48.3 Å². The van der Waals surface area contributed by atoms with Crippen LogP contribution >= 0.6 is 0 Å². The van der Waals surface area contributed by atoms with Crippen LogP contribution in [0.5, 0.6) is 5.75 Å². The zero-order chi connectivity index (χ0) is 20.8. The molecule has 150 valence electrons. The summed E-state index contributed by atoms with van der Waals surface area (Å²) in [5, 5.41) is 0. The second-order valence-electron chi connectivity index (χ2n) is 4.54. The number of halogens is 14. The number of alkyl halides is 9. The molecule has 1 rings (SSSR count). The van der Waals surface area contributed by atoms with Crippen molar-refractivity contribution in [1.29, 1.82) is 0 Å². The van der Waals surface area contributed by atoms with Crippen molar-refractivity contribution in [2.24, 2.45) is 5.92 Å². The Balaban J connectivity index is 3.62. The minimum Gasteiger partial charge on any atom is -0.474 e. The van der Waals surface area contributed by atoms with Crippen LogP contribution in [0.2, 0.25) is 0 Å². The molecule has 15 heteroatoms. The summed E-state index contributed by atoms with van der Waals surface area (Å²) in [6.07, 6.45) is -25.0. The van der Waals surface area contributed by atoms with Crippen molar-refractivity contribution in [2.45, 2.75) is 24.6 Å². The predicted molar refractivity (Wildman–Crippen MR) is 52.3 cm³/mol. The maximum Gasteiger partial charge on any atom is 0.426 e. The van der Waals surface area contributed by atoms with E-state index >= 15 is 0 Å². The summed E-state index contributed by atoms with van der Waals surface area (Å²) < 4.78 is 180. The van der Waals surface area contributed by atoms with Gasteiger partial charge in [-0.15, -0.1) is 0 Å². The molecule has 0 aliphatic carbocycles. The highest BCUT2D eigenvalue weighted by molar-refractivity contribution is 5.30. The van der Waals surface area contributed by atoms with Crippen molar-refractivity contribution in [1.82, 2.24) is 0 Å². The van der Waals surface area contributed by atoms with Crippen LogP contribution in [-0.4, -0.2) is 24.6 Å². The molecule has 0 radical (unpaired) electrons. The van der Waals surface area contributed by atoms with Crippen LogP contribution in [0.15, 0.2) is 0 Å². The summed E-state index contributed by atoms with van der Waals surface area (Å²) in [5.74, 6) is -23.5. The minimum absolute atomic E-state index is 2.92.